The average molecular weight is 552 g/mol. The minimum Gasteiger partial charge on any atom is -0.489 e. The van der Waals surface area contributed by atoms with Crippen LogP contribution in [-0.4, -0.2) is 69.8 Å². The molecule has 2 atom stereocenters. The lowest BCUT2D eigenvalue weighted by Gasteiger charge is -2.18. The summed E-state index contributed by atoms with van der Waals surface area (Å²) in [7, 11) is 1.83. The van der Waals surface area contributed by atoms with Crippen molar-refractivity contribution in [3.8, 4) is 28.0 Å². The molecule has 4 N–H and O–H groups in total. The molecule has 0 aliphatic carbocycles. The van der Waals surface area contributed by atoms with Crippen LogP contribution in [0.3, 0.4) is 0 Å². The van der Waals surface area contributed by atoms with E-state index >= 15 is 0 Å². The predicted octanol–water partition coefficient (Wildman–Crippen LogP) is 3.12. The van der Waals surface area contributed by atoms with Crippen molar-refractivity contribution in [1.82, 2.24) is 30.3 Å². The first-order chi connectivity index (χ1) is 19.9. The molecule has 2 aliphatic rings. The number of hydrogen-bond acceptors (Lipinski definition) is 7. The van der Waals surface area contributed by atoms with Gasteiger partial charge < -0.3 is 26.0 Å². The molecular formula is C31H33N7O3. The zero-order valence-electron chi connectivity index (χ0n) is 22.9. The number of pyridine rings is 1. The Bertz CT molecular complexity index is 1540. The minimum absolute atomic E-state index is 0.0537. The largest absolute Gasteiger partial charge is 0.489 e. The Labute approximate surface area is 238 Å². The van der Waals surface area contributed by atoms with Crippen molar-refractivity contribution < 1.29 is 14.3 Å². The first kappa shape index (κ1) is 26.5. The van der Waals surface area contributed by atoms with E-state index in [1.165, 1.54) is 0 Å². The number of carbonyl (C=O) groups is 2. The maximum atomic E-state index is 13.2. The Kier molecular flexibility index (Phi) is 7.39. The van der Waals surface area contributed by atoms with E-state index in [2.05, 4.69) is 20.7 Å². The second-order valence-electron chi connectivity index (χ2n) is 10.6. The van der Waals surface area contributed by atoms with Crippen LogP contribution in [0.15, 0.2) is 73.2 Å². The number of anilines is 1. The standard InChI is InChI=1S/C31H33N7O3/c1-37-18-24(16-35-37)23-14-28(29(32)34-15-23)30(39)36-25-11-13-38(19-25)31(40)22-4-2-20(3-5-22)21-6-8-26(9-7-21)41-27-10-12-33-17-27/h2-9,14-16,18,25,27,33H,10-13,17,19H2,1H3,(H2,32,34)(H,36,39)/t25-,27+/m1/s1. The van der Waals surface area contributed by atoms with Gasteiger partial charge in [0.05, 0.1) is 11.8 Å². The van der Waals surface area contributed by atoms with Gasteiger partial charge in [-0.25, -0.2) is 4.98 Å². The smallest absolute Gasteiger partial charge is 0.255 e. The number of ether oxygens (including phenoxy) is 1. The zero-order chi connectivity index (χ0) is 28.3. The van der Waals surface area contributed by atoms with E-state index in [0.717, 1.165) is 47.5 Å². The number of benzene rings is 2. The van der Waals surface area contributed by atoms with Crippen LogP contribution in [0.4, 0.5) is 5.82 Å². The Morgan fingerprint density at radius 3 is 2.44 bits per heavy atom. The highest BCUT2D eigenvalue weighted by molar-refractivity contribution is 6.00. The molecule has 0 radical (unpaired) electrons. The Hall–Kier alpha value is -4.70. The van der Waals surface area contributed by atoms with Gasteiger partial charge in [0.1, 0.15) is 17.7 Å². The number of nitrogen functional groups attached to an aromatic ring is 1. The second kappa shape index (κ2) is 11.4. The Balaban J connectivity index is 1.05. The van der Waals surface area contributed by atoms with Crippen LogP contribution in [0.25, 0.3) is 22.3 Å². The number of likely N-dealkylation sites (tertiary alicyclic amines) is 1. The Morgan fingerprint density at radius 2 is 1.76 bits per heavy atom. The van der Waals surface area contributed by atoms with Crippen LogP contribution in [0.1, 0.15) is 33.6 Å². The summed E-state index contributed by atoms with van der Waals surface area (Å²) in [5, 5.41) is 10.5. The van der Waals surface area contributed by atoms with Crippen LogP contribution in [0.5, 0.6) is 5.75 Å². The van der Waals surface area contributed by atoms with Gasteiger partial charge in [-0.15, -0.1) is 0 Å². The van der Waals surface area contributed by atoms with Gasteiger partial charge in [-0.05, 0) is 60.8 Å². The maximum absolute atomic E-state index is 13.2. The van der Waals surface area contributed by atoms with Gasteiger partial charge in [-0.2, -0.15) is 5.10 Å². The summed E-state index contributed by atoms with van der Waals surface area (Å²) in [6, 6.07) is 17.2. The summed E-state index contributed by atoms with van der Waals surface area (Å²) in [6.07, 6.45) is 7.10. The molecule has 2 aromatic carbocycles. The lowest BCUT2D eigenvalue weighted by atomic mass is 10.0. The van der Waals surface area contributed by atoms with Crippen molar-refractivity contribution in [1.29, 1.82) is 0 Å². The topological polar surface area (TPSA) is 127 Å². The number of aromatic nitrogens is 3. The number of carbonyl (C=O) groups excluding carboxylic acids is 2. The molecule has 2 aliphatic heterocycles. The fraction of sp³-hybridized carbons (Fsp3) is 0.290. The molecule has 10 nitrogen and oxygen atoms in total. The van der Waals surface area contributed by atoms with Crippen LogP contribution in [-0.2, 0) is 7.05 Å². The van der Waals surface area contributed by atoms with E-state index in [-0.39, 0.29) is 29.8 Å². The van der Waals surface area contributed by atoms with E-state index in [0.29, 0.717) is 30.6 Å². The lowest BCUT2D eigenvalue weighted by Crippen LogP contribution is -2.38. The monoisotopic (exact) mass is 551 g/mol. The van der Waals surface area contributed by atoms with Crippen LogP contribution in [0.2, 0.25) is 0 Å². The number of aryl methyl sites for hydroxylation is 1. The lowest BCUT2D eigenvalue weighted by molar-refractivity contribution is 0.0783. The molecule has 2 amide bonds. The van der Waals surface area contributed by atoms with Crippen molar-refractivity contribution in [2.24, 2.45) is 7.05 Å². The highest BCUT2D eigenvalue weighted by atomic mass is 16.5. The third-order valence-electron chi connectivity index (χ3n) is 7.65. The summed E-state index contributed by atoms with van der Waals surface area (Å²) in [5.41, 5.74) is 10.7. The molecule has 2 fully saturated rings. The summed E-state index contributed by atoms with van der Waals surface area (Å²) in [5.74, 6) is 0.669. The quantitative estimate of drug-likeness (QED) is 0.322. The van der Waals surface area contributed by atoms with Crippen LogP contribution < -0.4 is 21.1 Å². The highest BCUT2D eigenvalue weighted by Gasteiger charge is 2.29. The summed E-state index contributed by atoms with van der Waals surface area (Å²) in [4.78, 5) is 32.3. The van der Waals surface area contributed by atoms with E-state index in [9.17, 15) is 9.59 Å². The Morgan fingerprint density at radius 1 is 1.00 bits per heavy atom. The zero-order valence-corrected chi connectivity index (χ0v) is 22.9. The summed E-state index contributed by atoms with van der Waals surface area (Å²) >= 11 is 0. The van der Waals surface area contributed by atoms with Crippen molar-refractivity contribution >= 4 is 17.6 Å². The molecule has 0 spiro atoms. The van der Waals surface area contributed by atoms with Crippen molar-refractivity contribution in [2.45, 2.75) is 25.0 Å². The third kappa shape index (κ3) is 5.92. The van der Waals surface area contributed by atoms with Gasteiger partial charge in [-0.3, -0.25) is 14.3 Å². The van der Waals surface area contributed by atoms with E-state index in [1.807, 2.05) is 61.8 Å². The molecule has 6 rings (SSSR count). The first-order valence-electron chi connectivity index (χ1n) is 13.9. The highest BCUT2D eigenvalue weighted by Crippen LogP contribution is 2.25. The van der Waals surface area contributed by atoms with E-state index in [1.54, 1.807) is 28.0 Å². The number of amides is 2. The third-order valence-corrected chi connectivity index (χ3v) is 7.65. The van der Waals surface area contributed by atoms with E-state index < -0.39 is 0 Å². The van der Waals surface area contributed by atoms with Crippen LogP contribution >= 0.6 is 0 Å². The predicted molar refractivity (Wildman–Crippen MR) is 156 cm³/mol. The average Bonchev–Trinajstić information content (AvgIpc) is 3.77. The number of nitrogens with one attached hydrogen (secondary N) is 2. The number of rotatable bonds is 7. The van der Waals surface area contributed by atoms with E-state index in [4.69, 9.17) is 10.5 Å². The molecule has 0 unspecified atom stereocenters. The van der Waals surface area contributed by atoms with Gasteiger partial charge in [0.15, 0.2) is 0 Å². The normalized spacial score (nSPS) is 18.4. The van der Waals surface area contributed by atoms with Crippen molar-refractivity contribution in [3.63, 3.8) is 0 Å². The molecule has 2 saturated heterocycles. The van der Waals surface area contributed by atoms with Gasteiger partial charge in [0.25, 0.3) is 11.8 Å². The summed E-state index contributed by atoms with van der Waals surface area (Å²) < 4.78 is 7.70. The number of nitrogens with two attached hydrogens (primary N) is 1. The maximum Gasteiger partial charge on any atom is 0.255 e. The molecule has 0 saturated carbocycles. The first-order valence-corrected chi connectivity index (χ1v) is 13.9. The second-order valence-corrected chi connectivity index (χ2v) is 10.6. The molecular weight excluding hydrogens is 518 g/mol. The molecule has 4 aromatic rings. The molecule has 10 heteroatoms. The molecule has 41 heavy (non-hydrogen) atoms. The summed E-state index contributed by atoms with van der Waals surface area (Å²) in [6.45, 7) is 2.87. The van der Waals surface area contributed by atoms with Gasteiger partial charge >= 0.3 is 0 Å². The van der Waals surface area contributed by atoms with Crippen molar-refractivity contribution in [3.05, 3.63) is 84.3 Å². The molecule has 2 aromatic heterocycles. The number of hydrogen-bond donors (Lipinski definition) is 3. The minimum atomic E-state index is -0.305. The fourth-order valence-electron chi connectivity index (χ4n) is 5.35. The van der Waals surface area contributed by atoms with Gasteiger partial charge in [0, 0.05) is 61.8 Å². The molecule has 210 valence electrons. The SMILES string of the molecule is Cn1cc(-c2cnc(N)c(C(=O)N[C@@H]3CCN(C(=O)c4ccc(-c5ccc(O[C@H]6CCNC6)cc5)cc4)C3)c2)cn1. The van der Waals surface area contributed by atoms with Crippen LogP contribution in [0, 0.1) is 0 Å². The van der Waals surface area contributed by atoms with Gasteiger partial charge in [0.2, 0.25) is 0 Å². The molecule has 0 bridgehead atoms. The number of nitrogens with zero attached hydrogens (tertiary/aromatic N) is 4. The fourth-order valence-corrected chi connectivity index (χ4v) is 5.35. The van der Waals surface area contributed by atoms with Crippen molar-refractivity contribution in [2.75, 3.05) is 31.9 Å². The molecule has 4 heterocycles. The van der Waals surface area contributed by atoms with Gasteiger partial charge in [-0.1, -0.05) is 24.3 Å².